The molecular formula is C19H17ClN4O2. The summed E-state index contributed by atoms with van der Waals surface area (Å²) in [6.45, 7) is 1.88. The number of guanidine groups is 1. The Balaban J connectivity index is 2.29. The van der Waals surface area contributed by atoms with Gasteiger partial charge in [-0.15, -0.1) is 0 Å². The van der Waals surface area contributed by atoms with E-state index in [-0.39, 0.29) is 5.96 Å². The van der Waals surface area contributed by atoms with Crippen LogP contribution in [0.4, 0.5) is 0 Å². The van der Waals surface area contributed by atoms with E-state index >= 15 is 0 Å². The average Bonchev–Trinajstić information content (AvgIpc) is 2.60. The van der Waals surface area contributed by atoms with Crippen LogP contribution in [0.15, 0.2) is 47.6 Å². The van der Waals surface area contributed by atoms with E-state index in [0.717, 1.165) is 27.6 Å². The third kappa shape index (κ3) is 3.32. The molecule has 0 saturated carbocycles. The van der Waals surface area contributed by atoms with Crippen molar-refractivity contribution in [2.24, 2.45) is 16.5 Å². The van der Waals surface area contributed by atoms with Crippen molar-refractivity contribution < 1.29 is 9.53 Å². The maximum absolute atomic E-state index is 12.3. The summed E-state index contributed by atoms with van der Waals surface area (Å²) in [6.07, 6.45) is 1.72. The molecule has 0 atom stereocenters. The fourth-order valence-electron chi connectivity index (χ4n) is 2.86. The second-order valence-electron chi connectivity index (χ2n) is 5.73. The van der Waals surface area contributed by atoms with Crippen LogP contribution in [-0.4, -0.2) is 24.0 Å². The van der Waals surface area contributed by atoms with E-state index in [1.54, 1.807) is 37.6 Å². The molecule has 26 heavy (non-hydrogen) atoms. The molecule has 1 aromatic heterocycles. The zero-order valence-corrected chi connectivity index (χ0v) is 15.0. The first-order valence-electron chi connectivity index (χ1n) is 7.78. The minimum Gasteiger partial charge on any atom is -0.496 e. The van der Waals surface area contributed by atoms with Crippen LogP contribution >= 0.6 is 11.6 Å². The Morgan fingerprint density at radius 3 is 2.62 bits per heavy atom. The predicted molar refractivity (Wildman–Crippen MR) is 104 cm³/mol. The molecule has 4 N–H and O–H groups in total. The summed E-state index contributed by atoms with van der Waals surface area (Å²) in [5.74, 6) is -0.157. The Hall–Kier alpha value is -3.12. The highest BCUT2D eigenvalue weighted by Gasteiger charge is 2.15. The number of hydrogen-bond acceptors (Lipinski definition) is 3. The van der Waals surface area contributed by atoms with Gasteiger partial charge in [0.25, 0.3) is 5.91 Å². The van der Waals surface area contributed by atoms with Gasteiger partial charge in [-0.3, -0.25) is 9.78 Å². The van der Waals surface area contributed by atoms with Crippen LogP contribution in [0.5, 0.6) is 5.75 Å². The Labute approximate surface area is 155 Å². The highest BCUT2D eigenvalue weighted by atomic mass is 35.5. The van der Waals surface area contributed by atoms with Crippen molar-refractivity contribution in [3.8, 4) is 16.9 Å². The molecule has 1 heterocycles. The van der Waals surface area contributed by atoms with Crippen LogP contribution in [-0.2, 0) is 0 Å². The molecule has 0 saturated heterocycles. The SMILES string of the molecule is COc1cc(Cl)ccc1-c1ccnc2c(C)cc(C(=O)N=C(N)N)cc12. The van der Waals surface area contributed by atoms with E-state index in [9.17, 15) is 4.79 Å². The second-order valence-corrected chi connectivity index (χ2v) is 6.17. The number of fused-ring (bicyclic) bond motifs is 1. The number of pyridine rings is 1. The van der Waals surface area contributed by atoms with Gasteiger partial charge >= 0.3 is 0 Å². The first-order valence-corrected chi connectivity index (χ1v) is 8.15. The Morgan fingerprint density at radius 2 is 1.92 bits per heavy atom. The third-order valence-electron chi connectivity index (χ3n) is 3.97. The number of hydrogen-bond donors (Lipinski definition) is 2. The molecule has 0 bridgehead atoms. The molecule has 0 aliphatic heterocycles. The number of halogens is 1. The molecule has 132 valence electrons. The summed E-state index contributed by atoms with van der Waals surface area (Å²) in [5, 5.41) is 1.37. The smallest absolute Gasteiger partial charge is 0.280 e. The van der Waals surface area contributed by atoms with Gasteiger partial charge in [0.05, 0.1) is 12.6 Å². The lowest BCUT2D eigenvalue weighted by Crippen LogP contribution is -2.24. The molecule has 0 aliphatic rings. The zero-order chi connectivity index (χ0) is 18.8. The number of aryl methyl sites for hydroxylation is 1. The fraction of sp³-hybridized carbons (Fsp3) is 0.105. The van der Waals surface area contributed by atoms with Gasteiger partial charge in [-0.1, -0.05) is 11.6 Å². The largest absolute Gasteiger partial charge is 0.496 e. The molecule has 3 aromatic rings. The molecule has 0 aliphatic carbocycles. The Bertz CT molecular complexity index is 1040. The quantitative estimate of drug-likeness (QED) is 0.545. The lowest BCUT2D eigenvalue weighted by atomic mass is 9.96. The van der Waals surface area contributed by atoms with Crippen LogP contribution in [0.25, 0.3) is 22.0 Å². The molecule has 0 unspecified atom stereocenters. The van der Waals surface area contributed by atoms with Crippen molar-refractivity contribution in [2.75, 3.05) is 7.11 Å². The predicted octanol–water partition coefficient (Wildman–Crippen LogP) is 3.29. The van der Waals surface area contributed by atoms with Gasteiger partial charge in [0.15, 0.2) is 5.96 Å². The van der Waals surface area contributed by atoms with Crippen molar-refractivity contribution in [2.45, 2.75) is 6.92 Å². The molecule has 7 heteroatoms. The summed E-state index contributed by atoms with van der Waals surface area (Å²) in [4.78, 5) is 20.3. The number of methoxy groups -OCH3 is 1. The second kappa shape index (κ2) is 7.01. The number of carbonyl (C=O) groups is 1. The van der Waals surface area contributed by atoms with E-state index in [1.165, 1.54) is 0 Å². The molecule has 0 radical (unpaired) electrons. The van der Waals surface area contributed by atoms with Gasteiger partial charge in [-0.25, -0.2) is 0 Å². The molecular weight excluding hydrogens is 352 g/mol. The summed E-state index contributed by atoms with van der Waals surface area (Å²) in [5.41, 5.74) is 14.3. The minimum atomic E-state index is -0.507. The van der Waals surface area contributed by atoms with E-state index in [2.05, 4.69) is 9.98 Å². The first kappa shape index (κ1) is 17.7. The number of ether oxygens (including phenoxy) is 1. The van der Waals surface area contributed by atoms with E-state index in [1.807, 2.05) is 19.1 Å². The summed E-state index contributed by atoms with van der Waals surface area (Å²) >= 11 is 6.07. The fourth-order valence-corrected chi connectivity index (χ4v) is 3.02. The van der Waals surface area contributed by atoms with Gasteiger partial charge in [-0.05, 0) is 54.4 Å². The highest BCUT2D eigenvalue weighted by molar-refractivity contribution is 6.30. The molecule has 0 fully saturated rings. The third-order valence-corrected chi connectivity index (χ3v) is 4.20. The van der Waals surface area contributed by atoms with Crippen molar-refractivity contribution in [1.82, 2.24) is 4.98 Å². The maximum Gasteiger partial charge on any atom is 0.280 e. The highest BCUT2D eigenvalue weighted by Crippen LogP contribution is 2.37. The summed E-state index contributed by atoms with van der Waals surface area (Å²) < 4.78 is 5.46. The molecule has 3 rings (SSSR count). The summed E-state index contributed by atoms with van der Waals surface area (Å²) in [7, 11) is 1.58. The van der Waals surface area contributed by atoms with Gasteiger partial charge < -0.3 is 16.2 Å². The monoisotopic (exact) mass is 368 g/mol. The number of benzene rings is 2. The van der Waals surface area contributed by atoms with Crippen LogP contribution in [0.1, 0.15) is 15.9 Å². The zero-order valence-electron chi connectivity index (χ0n) is 14.3. The number of aromatic nitrogens is 1. The van der Waals surface area contributed by atoms with E-state index in [4.69, 9.17) is 27.8 Å². The molecule has 6 nitrogen and oxygen atoms in total. The van der Waals surface area contributed by atoms with Crippen molar-refractivity contribution >= 4 is 34.4 Å². The van der Waals surface area contributed by atoms with Crippen molar-refractivity contribution in [1.29, 1.82) is 0 Å². The van der Waals surface area contributed by atoms with Gasteiger partial charge in [0.1, 0.15) is 5.75 Å². The van der Waals surface area contributed by atoms with Crippen LogP contribution in [0, 0.1) is 6.92 Å². The lowest BCUT2D eigenvalue weighted by molar-refractivity contribution is 0.100. The van der Waals surface area contributed by atoms with Crippen LogP contribution in [0.2, 0.25) is 5.02 Å². The Morgan fingerprint density at radius 1 is 1.15 bits per heavy atom. The number of nitrogens with zero attached hydrogens (tertiary/aromatic N) is 2. The lowest BCUT2D eigenvalue weighted by Gasteiger charge is -2.13. The van der Waals surface area contributed by atoms with Crippen LogP contribution < -0.4 is 16.2 Å². The minimum absolute atomic E-state index is 0.279. The average molecular weight is 369 g/mol. The number of carbonyl (C=O) groups excluding carboxylic acids is 1. The van der Waals surface area contributed by atoms with E-state index in [0.29, 0.717) is 16.3 Å². The van der Waals surface area contributed by atoms with Gasteiger partial charge in [0.2, 0.25) is 0 Å². The first-order chi connectivity index (χ1) is 12.4. The van der Waals surface area contributed by atoms with Crippen molar-refractivity contribution in [3.63, 3.8) is 0 Å². The molecule has 2 aromatic carbocycles. The maximum atomic E-state index is 12.3. The number of nitrogens with two attached hydrogens (primary N) is 2. The molecule has 0 spiro atoms. The normalized spacial score (nSPS) is 10.6. The van der Waals surface area contributed by atoms with E-state index < -0.39 is 5.91 Å². The molecule has 1 amide bonds. The topological polar surface area (TPSA) is 104 Å². The number of amides is 1. The summed E-state index contributed by atoms with van der Waals surface area (Å²) in [6, 6.07) is 10.7. The van der Waals surface area contributed by atoms with Crippen LogP contribution in [0.3, 0.4) is 0 Å². The van der Waals surface area contributed by atoms with Crippen molar-refractivity contribution in [3.05, 3.63) is 58.7 Å². The standard InChI is InChI=1S/C19H17ClN4O2/c1-10-7-11(18(25)24-19(21)22)8-15-13(5-6-23-17(10)15)14-4-3-12(20)9-16(14)26-2/h3-9H,1-2H3,(H4,21,22,24,25). The van der Waals surface area contributed by atoms with Gasteiger partial charge in [0, 0.05) is 27.7 Å². The van der Waals surface area contributed by atoms with Gasteiger partial charge in [-0.2, -0.15) is 4.99 Å². The number of rotatable bonds is 3. The number of aliphatic imine (C=N–C) groups is 1. The Kier molecular flexibility index (Phi) is 4.77.